The van der Waals surface area contributed by atoms with Crippen LogP contribution in [0, 0.1) is 23.0 Å². The van der Waals surface area contributed by atoms with Crippen molar-refractivity contribution in [2.75, 3.05) is 0 Å². The van der Waals surface area contributed by atoms with Gasteiger partial charge in [0.1, 0.15) is 24.0 Å². The second-order valence-corrected chi connectivity index (χ2v) is 4.63. The average Bonchev–Trinajstić information content (AvgIpc) is 2.40. The van der Waals surface area contributed by atoms with Crippen LogP contribution in [0.4, 0.5) is 8.78 Å². The van der Waals surface area contributed by atoms with Crippen molar-refractivity contribution in [3.8, 4) is 11.8 Å². The molecule has 0 bridgehead atoms. The fourth-order valence-corrected chi connectivity index (χ4v) is 1.90. The SMILES string of the molecule is N#Cc1ccc(F)cc1COc1cc(F)ccc1Br. The number of nitrogens with zero attached hydrogens (tertiary/aromatic N) is 1. The van der Waals surface area contributed by atoms with Gasteiger partial charge >= 0.3 is 0 Å². The second-order valence-electron chi connectivity index (χ2n) is 3.78. The van der Waals surface area contributed by atoms with Crippen LogP contribution in [0.15, 0.2) is 40.9 Å². The minimum absolute atomic E-state index is 0.0112. The maximum Gasteiger partial charge on any atom is 0.136 e. The van der Waals surface area contributed by atoms with Crippen LogP contribution in [0.5, 0.6) is 5.75 Å². The Bertz CT molecular complexity index is 652. The zero-order chi connectivity index (χ0) is 13.8. The Morgan fingerprint density at radius 2 is 1.79 bits per heavy atom. The number of halogens is 3. The Morgan fingerprint density at radius 1 is 1.11 bits per heavy atom. The highest BCUT2D eigenvalue weighted by Crippen LogP contribution is 2.26. The van der Waals surface area contributed by atoms with Gasteiger partial charge in [-0.25, -0.2) is 8.78 Å². The number of hydrogen-bond acceptors (Lipinski definition) is 2. The molecule has 0 radical (unpaired) electrons. The molecule has 0 saturated heterocycles. The van der Waals surface area contributed by atoms with Gasteiger partial charge in [-0.05, 0) is 46.3 Å². The number of rotatable bonds is 3. The average molecular weight is 324 g/mol. The maximum atomic E-state index is 13.1. The van der Waals surface area contributed by atoms with Crippen molar-refractivity contribution in [3.05, 3.63) is 63.6 Å². The highest BCUT2D eigenvalue weighted by Gasteiger charge is 2.07. The van der Waals surface area contributed by atoms with E-state index in [4.69, 9.17) is 10.00 Å². The third kappa shape index (κ3) is 3.30. The lowest BCUT2D eigenvalue weighted by atomic mass is 10.1. The largest absolute Gasteiger partial charge is 0.488 e. The minimum Gasteiger partial charge on any atom is -0.488 e. The van der Waals surface area contributed by atoms with Crippen molar-refractivity contribution in [1.29, 1.82) is 5.26 Å². The lowest BCUT2D eigenvalue weighted by Crippen LogP contribution is -2.00. The summed E-state index contributed by atoms with van der Waals surface area (Å²) in [4.78, 5) is 0. The van der Waals surface area contributed by atoms with Crippen molar-refractivity contribution in [2.24, 2.45) is 0 Å². The monoisotopic (exact) mass is 323 g/mol. The number of benzene rings is 2. The highest BCUT2D eigenvalue weighted by atomic mass is 79.9. The second kappa shape index (κ2) is 5.81. The lowest BCUT2D eigenvalue weighted by Gasteiger charge is -2.09. The summed E-state index contributed by atoms with van der Waals surface area (Å²) < 4.78 is 32.2. The van der Waals surface area contributed by atoms with Gasteiger partial charge in [-0.3, -0.25) is 0 Å². The Labute approximate surface area is 117 Å². The van der Waals surface area contributed by atoms with Crippen LogP contribution in [0.2, 0.25) is 0 Å². The highest BCUT2D eigenvalue weighted by molar-refractivity contribution is 9.10. The quantitative estimate of drug-likeness (QED) is 0.849. The molecule has 19 heavy (non-hydrogen) atoms. The summed E-state index contributed by atoms with van der Waals surface area (Å²) >= 11 is 3.22. The molecule has 0 N–H and O–H groups in total. The first-order valence-corrected chi connectivity index (χ1v) is 6.16. The molecule has 2 aromatic rings. The van der Waals surface area contributed by atoms with Crippen LogP contribution in [-0.4, -0.2) is 0 Å². The van der Waals surface area contributed by atoms with Gasteiger partial charge in [0, 0.05) is 11.6 Å². The summed E-state index contributed by atoms with van der Waals surface area (Å²) in [5, 5.41) is 8.91. The van der Waals surface area contributed by atoms with E-state index in [1.54, 1.807) is 0 Å². The van der Waals surface area contributed by atoms with Crippen molar-refractivity contribution < 1.29 is 13.5 Å². The third-order valence-corrected chi connectivity index (χ3v) is 3.12. The summed E-state index contributed by atoms with van der Waals surface area (Å²) in [6.07, 6.45) is 0. The first kappa shape index (κ1) is 13.5. The standard InChI is InChI=1S/C14H8BrF2NO/c15-13-4-3-12(17)6-14(13)19-8-10-5-11(16)2-1-9(10)7-18/h1-6H,8H2. The van der Waals surface area contributed by atoms with Crippen molar-refractivity contribution >= 4 is 15.9 Å². The molecule has 0 fully saturated rings. The molecule has 0 spiro atoms. The number of hydrogen-bond donors (Lipinski definition) is 0. The molecule has 2 rings (SSSR count). The molecule has 5 heteroatoms. The van der Waals surface area contributed by atoms with Gasteiger partial charge in [-0.15, -0.1) is 0 Å². The van der Waals surface area contributed by atoms with E-state index in [2.05, 4.69) is 15.9 Å². The number of nitriles is 1. The maximum absolute atomic E-state index is 13.1. The van der Waals surface area contributed by atoms with E-state index in [0.29, 0.717) is 21.3 Å². The van der Waals surface area contributed by atoms with Crippen molar-refractivity contribution in [1.82, 2.24) is 0 Å². The Balaban J connectivity index is 2.21. The van der Waals surface area contributed by atoms with E-state index >= 15 is 0 Å². The molecule has 0 atom stereocenters. The number of ether oxygens (including phenoxy) is 1. The summed E-state index contributed by atoms with van der Waals surface area (Å²) in [7, 11) is 0. The molecule has 2 nitrogen and oxygen atoms in total. The van der Waals surface area contributed by atoms with E-state index < -0.39 is 11.6 Å². The van der Waals surface area contributed by atoms with Crippen molar-refractivity contribution in [3.63, 3.8) is 0 Å². The van der Waals surface area contributed by atoms with E-state index in [9.17, 15) is 8.78 Å². The van der Waals surface area contributed by atoms with Crippen LogP contribution in [0.1, 0.15) is 11.1 Å². The van der Waals surface area contributed by atoms with Crippen LogP contribution >= 0.6 is 15.9 Å². The molecule has 96 valence electrons. The molecule has 0 saturated carbocycles. The smallest absolute Gasteiger partial charge is 0.136 e. The van der Waals surface area contributed by atoms with Crippen LogP contribution in [0.25, 0.3) is 0 Å². The fraction of sp³-hybridized carbons (Fsp3) is 0.0714. The molecule has 2 aromatic carbocycles. The Kier molecular flexibility index (Phi) is 4.13. The molecular formula is C14H8BrF2NO. The first-order chi connectivity index (χ1) is 9.10. The summed E-state index contributed by atoms with van der Waals surface area (Å²) in [6, 6.07) is 9.80. The molecule has 0 aliphatic rings. The van der Waals surface area contributed by atoms with Gasteiger partial charge in [0.15, 0.2) is 0 Å². The summed E-state index contributed by atoms with van der Waals surface area (Å²) in [6.45, 7) is -0.0112. The van der Waals surface area contributed by atoms with Gasteiger partial charge in [0.05, 0.1) is 16.1 Å². The first-order valence-electron chi connectivity index (χ1n) is 5.36. The predicted octanol–water partition coefficient (Wildman–Crippen LogP) is 4.18. The minimum atomic E-state index is -0.448. The zero-order valence-corrected chi connectivity index (χ0v) is 11.2. The predicted molar refractivity (Wildman–Crippen MR) is 69.5 cm³/mol. The van der Waals surface area contributed by atoms with Gasteiger partial charge in [0.2, 0.25) is 0 Å². The van der Waals surface area contributed by atoms with Crippen LogP contribution < -0.4 is 4.74 Å². The van der Waals surface area contributed by atoms with E-state index in [1.807, 2.05) is 6.07 Å². The summed E-state index contributed by atoms with van der Waals surface area (Å²) in [5.74, 6) is -0.581. The van der Waals surface area contributed by atoms with Gasteiger partial charge in [0.25, 0.3) is 0 Å². The zero-order valence-electron chi connectivity index (χ0n) is 9.66. The fourth-order valence-electron chi connectivity index (χ4n) is 1.53. The molecule has 0 unspecified atom stereocenters. The Hall–Kier alpha value is -1.93. The molecule has 0 aromatic heterocycles. The van der Waals surface area contributed by atoms with E-state index in [0.717, 1.165) is 0 Å². The lowest BCUT2D eigenvalue weighted by molar-refractivity contribution is 0.301. The van der Waals surface area contributed by atoms with E-state index in [-0.39, 0.29) is 6.61 Å². The van der Waals surface area contributed by atoms with Crippen molar-refractivity contribution in [2.45, 2.75) is 6.61 Å². The van der Waals surface area contributed by atoms with E-state index in [1.165, 1.54) is 36.4 Å². The van der Waals surface area contributed by atoms with Crippen LogP contribution in [0.3, 0.4) is 0 Å². The third-order valence-electron chi connectivity index (χ3n) is 2.46. The molecule has 0 heterocycles. The van der Waals surface area contributed by atoms with Gasteiger partial charge in [-0.2, -0.15) is 5.26 Å². The summed E-state index contributed by atoms with van der Waals surface area (Å²) in [5.41, 5.74) is 0.743. The topological polar surface area (TPSA) is 33.0 Å². The van der Waals surface area contributed by atoms with Gasteiger partial charge < -0.3 is 4.74 Å². The van der Waals surface area contributed by atoms with Crippen LogP contribution in [-0.2, 0) is 6.61 Å². The molecule has 0 aliphatic heterocycles. The molecule has 0 aliphatic carbocycles. The van der Waals surface area contributed by atoms with Gasteiger partial charge in [-0.1, -0.05) is 0 Å². The normalized spacial score (nSPS) is 10.0. The molecular weight excluding hydrogens is 316 g/mol. The molecule has 0 amide bonds. The Morgan fingerprint density at radius 3 is 2.53 bits per heavy atom.